The first-order chi connectivity index (χ1) is 10.6. The van der Waals surface area contributed by atoms with Crippen LogP contribution in [-0.4, -0.2) is 60.5 Å². The summed E-state index contributed by atoms with van der Waals surface area (Å²) in [7, 11) is -3.02. The van der Waals surface area contributed by atoms with Gasteiger partial charge >= 0.3 is 0 Å². The summed E-state index contributed by atoms with van der Waals surface area (Å²) in [5, 5.41) is 11.3. The third-order valence-corrected chi connectivity index (χ3v) is 6.51. The van der Waals surface area contributed by atoms with E-state index >= 15 is 0 Å². The fourth-order valence-electron chi connectivity index (χ4n) is 3.18. The summed E-state index contributed by atoms with van der Waals surface area (Å²) in [4.78, 5) is 0. The highest BCUT2D eigenvalue weighted by atomic mass is 32.2. The number of sulfonamides is 1. The van der Waals surface area contributed by atoms with Gasteiger partial charge in [-0.2, -0.15) is 5.10 Å². The Morgan fingerprint density at radius 1 is 1.41 bits per heavy atom. The highest BCUT2D eigenvalue weighted by Gasteiger charge is 2.27. The summed E-state index contributed by atoms with van der Waals surface area (Å²) in [6, 6.07) is 2.41. The molecule has 0 amide bonds. The van der Waals surface area contributed by atoms with Crippen molar-refractivity contribution in [2.75, 3.05) is 37.2 Å². The van der Waals surface area contributed by atoms with Crippen molar-refractivity contribution >= 4 is 15.8 Å². The molecule has 1 atom stereocenters. The van der Waals surface area contributed by atoms with Gasteiger partial charge in [0.05, 0.1) is 11.9 Å². The van der Waals surface area contributed by atoms with E-state index < -0.39 is 10.0 Å². The van der Waals surface area contributed by atoms with E-state index in [0.29, 0.717) is 25.0 Å². The maximum Gasteiger partial charge on any atom is 0.213 e. The van der Waals surface area contributed by atoms with Crippen LogP contribution in [-0.2, 0) is 16.6 Å². The summed E-state index contributed by atoms with van der Waals surface area (Å²) in [5.74, 6) is 1.81. The summed E-state index contributed by atoms with van der Waals surface area (Å²) in [6.07, 6.45) is 3.61. The van der Waals surface area contributed by atoms with Crippen molar-refractivity contribution in [2.45, 2.75) is 32.4 Å². The maximum absolute atomic E-state index is 11.8. The summed E-state index contributed by atoms with van der Waals surface area (Å²) in [6.45, 7) is 5.82. The lowest BCUT2D eigenvalue weighted by atomic mass is 10.0. The molecule has 0 aliphatic carbocycles. The number of rotatable bonds is 5. The van der Waals surface area contributed by atoms with Crippen LogP contribution in [0.5, 0.6) is 0 Å². The van der Waals surface area contributed by atoms with Gasteiger partial charge in [-0.3, -0.25) is 0 Å². The molecule has 0 bridgehead atoms. The number of hydrogen-bond donors (Lipinski definition) is 2. The van der Waals surface area contributed by atoms with E-state index in [2.05, 4.69) is 15.7 Å². The first-order valence-electron chi connectivity index (χ1n) is 8.05. The minimum atomic E-state index is -3.02. The van der Waals surface area contributed by atoms with E-state index in [9.17, 15) is 8.42 Å². The highest BCUT2D eigenvalue weighted by molar-refractivity contribution is 7.89. The molecule has 1 saturated heterocycles. The van der Waals surface area contributed by atoms with E-state index in [1.54, 1.807) is 11.2 Å². The number of aromatic nitrogens is 2. The largest absolute Gasteiger partial charge is 0.370 e. The molecule has 0 aromatic carbocycles. The molecule has 0 saturated carbocycles. The van der Waals surface area contributed by atoms with Gasteiger partial charge in [-0.1, -0.05) is 0 Å². The minimum Gasteiger partial charge on any atom is -0.370 e. The third kappa shape index (κ3) is 3.44. The van der Waals surface area contributed by atoms with Gasteiger partial charge in [-0.15, -0.1) is 0 Å². The predicted molar refractivity (Wildman–Crippen MR) is 86.3 cm³/mol. The molecule has 22 heavy (non-hydrogen) atoms. The van der Waals surface area contributed by atoms with Gasteiger partial charge < -0.3 is 10.6 Å². The highest BCUT2D eigenvalue weighted by Crippen LogP contribution is 2.18. The van der Waals surface area contributed by atoms with Crippen LogP contribution in [0.4, 0.5) is 5.82 Å². The smallest absolute Gasteiger partial charge is 0.213 e. The zero-order valence-corrected chi connectivity index (χ0v) is 13.8. The van der Waals surface area contributed by atoms with E-state index in [1.807, 2.05) is 16.9 Å². The van der Waals surface area contributed by atoms with Gasteiger partial charge in [-0.25, -0.2) is 17.4 Å². The molecule has 1 fully saturated rings. The molecule has 124 valence electrons. The lowest BCUT2D eigenvalue weighted by molar-refractivity contribution is 0.274. The summed E-state index contributed by atoms with van der Waals surface area (Å²) < 4.78 is 27.3. The summed E-state index contributed by atoms with van der Waals surface area (Å²) in [5.41, 5.74) is 0. The maximum atomic E-state index is 11.8. The first kappa shape index (κ1) is 15.8. The Morgan fingerprint density at radius 3 is 2.91 bits per heavy atom. The lowest BCUT2D eigenvalue weighted by Crippen LogP contribution is -2.47. The topological polar surface area (TPSA) is 79.3 Å². The number of nitrogens with zero attached hydrogens (tertiary/aromatic N) is 3. The second-order valence-electron chi connectivity index (χ2n) is 6.13. The van der Waals surface area contributed by atoms with Crippen LogP contribution < -0.4 is 10.6 Å². The van der Waals surface area contributed by atoms with Crippen molar-refractivity contribution in [1.29, 1.82) is 0 Å². The Labute approximate surface area is 132 Å². The van der Waals surface area contributed by atoms with Crippen molar-refractivity contribution in [2.24, 2.45) is 5.92 Å². The molecule has 2 aliphatic heterocycles. The van der Waals surface area contributed by atoms with Gasteiger partial charge in [0.25, 0.3) is 0 Å². The number of nitrogens with one attached hydrogen (secondary N) is 2. The normalized spacial score (nSPS) is 24.0. The molecule has 8 heteroatoms. The van der Waals surface area contributed by atoms with Crippen LogP contribution in [0.3, 0.4) is 0 Å². The Kier molecular flexibility index (Phi) is 4.70. The first-order valence-corrected chi connectivity index (χ1v) is 9.66. The molecule has 0 radical (unpaired) electrons. The average molecular weight is 327 g/mol. The fraction of sp³-hybridized carbons (Fsp3) is 0.786. The second-order valence-corrected chi connectivity index (χ2v) is 8.39. The van der Waals surface area contributed by atoms with Crippen molar-refractivity contribution < 1.29 is 8.42 Å². The molecule has 2 N–H and O–H groups in total. The zero-order valence-electron chi connectivity index (χ0n) is 13.0. The van der Waals surface area contributed by atoms with E-state index in [1.165, 1.54) is 0 Å². The average Bonchev–Trinajstić information content (AvgIpc) is 3.01. The molecule has 2 aliphatic rings. The fourth-order valence-corrected chi connectivity index (χ4v) is 4.31. The Bertz CT molecular complexity index is 592. The van der Waals surface area contributed by atoms with Gasteiger partial charge in [-0.05, 0) is 19.8 Å². The molecule has 0 spiro atoms. The molecule has 0 unspecified atom stereocenters. The minimum absolute atomic E-state index is 0.199. The molecule has 3 heterocycles. The van der Waals surface area contributed by atoms with Crippen LogP contribution in [0.15, 0.2) is 12.3 Å². The number of piperidine rings is 1. The van der Waals surface area contributed by atoms with E-state index in [-0.39, 0.29) is 5.75 Å². The molecular weight excluding hydrogens is 302 g/mol. The number of hydrogen-bond acceptors (Lipinski definition) is 5. The number of fused-ring (bicyclic) bond motifs is 1. The predicted octanol–water partition coefficient (Wildman–Crippen LogP) is 0.329. The van der Waals surface area contributed by atoms with Crippen molar-refractivity contribution in [1.82, 2.24) is 19.4 Å². The van der Waals surface area contributed by atoms with Crippen molar-refractivity contribution in [3.8, 4) is 0 Å². The van der Waals surface area contributed by atoms with E-state index in [4.69, 9.17) is 0 Å². The Hall–Kier alpha value is -1.12. The zero-order chi connectivity index (χ0) is 15.6. The quantitative estimate of drug-likeness (QED) is 0.815. The summed E-state index contributed by atoms with van der Waals surface area (Å²) >= 11 is 0. The second kappa shape index (κ2) is 6.55. The lowest BCUT2D eigenvalue weighted by Gasteiger charge is -2.33. The standard InChI is InChI=1S/C14H25N5O2S/c1-2-22(20,21)18-7-4-13(5-8-18)15-9-12-10-16-14-3-6-17-19(14)11-12/h3,6,12-13,15-16H,2,4-5,7-11H2,1H3/t12-/m1/s1. The SMILES string of the molecule is CCS(=O)(=O)N1CCC(NC[C@@H]2CNc3ccnn3C2)CC1. The molecule has 1 aromatic rings. The third-order valence-electron chi connectivity index (χ3n) is 4.63. The van der Waals surface area contributed by atoms with Crippen LogP contribution in [0.1, 0.15) is 19.8 Å². The molecule has 3 rings (SSSR count). The van der Waals surface area contributed by atoms with Gasteiger partial charge in [0, 0.05) is 50.7 Å². The van der Waals surface area contributed by atoms with Crippen LogP contribution >= 0.6 is 0 Å². The molecule has 1 aromatic heterocycles. The van der Waals surface area contributed by atoms with Crippen LogP contribution in [0.25, 0.3) is 0 Å². The van der Waals surface area contributed by atoms with E-state index in [0.717, 1.165) is 38.3 Å². The Morgan fingerprint density at radius 2 is 2.18 bits per heavy atom. The van der Waals surface area contributed by atoms with Crippen LogP contribution in [0, 0.1) is 5.92 Å². The van der Waals surface area contributed by atoms with Crippen LogP contribution in [0.2, 0.25) is 0 Å². The number of anilines is 1. The molecule has 7 nitrogen and oxygen atoms in total. The van der Waals surface area contributed by atoms with Gasteiger partial charge in [0.2, 0.25) is 10.0 Å². The van der Waals surface area contributed by atoms with Gasteiger partial charge in [0.1, 0.15) is 5.82 Å². The van der Waals surface area contributed by atoms with Gasteiger partial charge in [0.15, 0.2) is 0 Å². The van der Waals surface area contributed by atoms with Crippen molar-refractivity contribution in [3.05, 3.63) is 12.3 Å². The van der Waals surface area contributed by atoms with Crippen molar-refractivity contribution in [3.63, 3.8) is 0 Å². The Balaban J connectivity index is 1.43. The monoisotopic (exact) mass is 327 g/mol. The molecular formula is C14H25N5O2S.